The van der Waals surface area contributed by atoms with Crippen LogP contribution in [0.1, 0.15) is 22.3 Å². The summed E-state index contributed by atoms with van der Waals surface area (Å²) in [5, 5.41) is 5.64. The van der Waals surface area contributed by atoms with E-state index in [-0.39, 0.29) is 11.8 Å². The fourth-order valence-corrected chi connectivity index (χ4v) is 2.85. The van der Waals surface area contributed by atoms with E-state index in [2.05, 4.69) is 39.2 Å². The summed E-state index contributed by atoms with van der Waals surface area (Å²) in [5.41, 5.74) is 4.27. The second-order valence-corrected chi connectivity index (χ2v) is 7.12. The van der Waals surface area contributed by atoms with Gasteiger partial charge in [0.1, 0.15) is 0 Å². The number of nitrogens with one attached hydrogen (secondary N) is 2. The van der Waals surface area contributed by atoms with Crippen LogP contribution in [0.2, 0.25) is 0 Å². The van der Waals surface area contributed by atoms with Crippen LogP contribution < -0.4 is 10.6 Å². The monoisotopic (exact) mass is 426 g/mol. The minimum atomic E-state index is -0.194. The molecule has 4 nitrogen and oxygen atoms in total. The Morgan fingerprint density at radius 3 is 2.30 bits per heavy atom. The van der Waals surface area contributed by atoms with E-state index >= 15 is 0 Å². The zero-order chi connectivity index (χ0) is 19.6. The molecule has 140 valence electrons. The maximum atomic E-state index is 12.0. The average molecular weight is 427 g/mol. The van der Waals surface area contributed by atoms with Crippen molar-refractivity contribution in [1.29, 1.82) is 0 Å². The van der Waals surface area contributed by atoms with Crippen LogP contribution >= 0.6 is 15.9 Å². The minimum absolute atomic E-state index is 0.121. The molecule has 0 radical (unpaired) electrons. The van der Waals surface area contributed by atoms with Crippen molar-refractivity contribution in [2.24, 2.45) is 0 Å². The number of halogens is 1. The average Bonchev–Trinajstić information content (AvgIpc) is 2.65. The first kappa shape index (κ1) is 20.6. The molecule has 0 aromatic heterocycles. The molecular weight excluding hydrogens is 404 g/mol. The van der Waals surface area contributed by atoms with Gasteiger partial charge in [-0.3, -0.25) is 9.59 Å². The van der Waals surface area contributed by atoms with Crippen molar-refractivity contribution in [2.75, 3.05) is 0 Å². The van der Waals surface area contributed by atoms with Crippen molar-refractivity contribution in [3.63, 3.8) is 0 Å². The topological polar surface area (TPSA) is 58.2 Å². The van der Waals surface area contributed by atoms with Gasteiger partial charge < -0.3 is 10.6 Å². The maximum Gasteiger partial charge on any atom is 0.243 e. The van der Waals surface area contributed by atoms with Gasteiger partial charge in [0.2, 0.25) is 11.8 Å². The quantitative estimate of drug-likeness (QED) is 0.627. The molecule has 2 rings (SSSR count). The van der Waals surface area contributed by atoms with Crippen LogP contribution in [0.25, 0.3) is 0 Å². The highest BCUT2D eigenvalue weighted by Crippen LogP contribution is 2.12. The predicted molar refractivity (Wildman–Crippen MR) is 112 cm³/mol. The molecule has 5 heteroatoms. The Balaban J connectivity index is 1.86. The molecule has 0 heterocycles. The van der Waals surface area contributed by atoms with Gasteiger partial charge in [-0.15, -0.1) is 0 Å². The van der Waals surface area contributed by atoms with Crippen molar-refractivity contribution >= 4 is 27.7 Å². The lowest BCUT2D eigenvalue weighted by Crippen LogP contribution is -2.20. The normalized spacial score (nSPS) is 10.6. The molecule has 0 aliphatic carbocycles. The first-order valence-corrected chi connectivity index (χ1v) is 9.44. The lowest BCUT2D eigenvalue weighted by Gasteiger charge is -2.07. The third kappa shape index (κ3) is 7.62. The molecule has 0 aliphatic rings. The number of amides is 2. The van der Waals surface area contributed by atoms with Crippen molar-refractivity contribution < 1.29 is 9.59 Å². The number of hydrogen-bond donors (Lipinski definition) is 2. The Morgan fingerprint density at radius 1 is 0.963 bits per heavy atom. The Hall–Kier alpha value is -2.66. The van der Waals surface area contributed by atoms with E-state index in [9.17, 15) is 9.59 Å². The Bertz CT molecular complexity index is 842. The van der Waals surface area contributed by atoms with Gasteiger partial charge in [0, 0.05) is 17.6 Å². The van der Waals surface area contributed by atoms with Gasteiger partial charge in [-0.2, -0.15) is 0 Å². The van der Waals surface area contributed by atoms with Crippen LogP contribution in [0, 0.1) is 6.92 Å². The van der Waals surface area contributed by atoms with E-state index in [4.69, 9.17) is 0 Å². The smallest absolute Gasteiger partial charge is 0.243 e. The third-order valence-electron chi connectivity index (χ3n) is 3.85. The van der Waals surface area contributed by atoms with Crippen LogP contribution in [0.4, 0.5) is 0 Å². The Kier molecular flexibility index (Phi) is 8.01. The SMILES string of the molecule is C=CC(=O)NCc1cc(C)cc(C/C=C\C(=O)NCc2ccc(Br)cc2)c1. The summed E-state index contributed by atoms with van der Waals surface area (Å²) in [4.78, 5) is 23.2. The Labute approximate surface area is 168 Å². The third-order valence-corrected chi connectivity index (χ3v) is 4.38. The summed E-state index contributed by atoms with van der Waals surface area (Å²) >= 11 is 3.39. The number of aryl methyl sites for hydroxylation is 1. The molecule has 0 unspecified atom stereocenters. The first-order chi connectivity index (χ1) is 13.0. The fourth-order valence-electron chi connectivity index (χ4n) is 2.58. The molecule has 0 atom stereocenters. The number of allylic oxidation sites excluding steroid dienone is 1. The highest BCUT2D eigenvalue weighted by Gasteiger charge is 2.01. The molecule has 0 saturated heterocycles. The summed E-state index contributed by atoms with van der Waals surface area (Å²) in [6.45, 7) is 6.40. The van der Waals surface area contributed by atoms with Crippen LogP contribution in [0.3, 0.4) is 0 Å². The van der Waals surface area contributed by atoms with Gasteiger partial charge in [0.15, 0.2) is 0 Å². The molecule has 2 amide bonds. The number of rotatable bonds is 8. The second kappa shape index (κ2) is 10.5. The first-order valence-electron chi connectivity index (χ1n) is 8.65. The number of benzene rings is 2. The zero-order valence-corrected chi connectivity index (χ0v) is 16.9. The standard InChI is InChI=1S/C22H23BrN2O2/c1-3-21(26)24-15-19-12-16(2)11-18(13-19)5-4-6-22(27)25-14-17-7-9-20(23)10-8-17/h3-4,6-13H,1,5,14-15H2,2H3,(H,24,26)(H,25,27)/b6-4-. The van der Waals surface area contributed by atoms with Gasteiger partial charge in [-0.1, -0.05) is 64.5 Å². The molecule has 0 saturated carbocycles. The van der Waals surface area contributed by atoms with Crippen molar-refractivity contribution in [1.82, 2.24) is 10.6 Å². The highest BCUT2D eigenvalue weighted by molar-refractivity contribution is 9.10. The van der Waals surface area contributed by atoms with E-state index in [0.717, 1.165) is 26.7 Å². The molecule has 27 heavy (non-hydrogen) atoms. The van der Waals surface area contributed by atoms with E-state index < -0.39 is 0 Å². The fraction of sp³-hybridized carbons (Fsp3) is 0.182. The van der Waals surface area contributed by atoms with Crippen LogP contribution in [-0.4, -0.2) is 11.8 Å². The molecule has 0 bridgehead atoms. The zero-order valence-electron chi connectivity index (χ0n) is 15.3. The van der Waals surface area contributed by atoms with Crippen molar-refractivity contribution in [2.45, 2.75) is 26.4 Å². The molecular formula is C22H23BrN2O2. The molecule has 0 aliphatic heterocycles. The van der Waals surface area contributed by atoms with Crippen molar-refractivity contribution in [3.05, 3.63) is 94.0 Å². The van der Waals surface area contributed by atoms with Gasteiger partial charge in [0.05, 0.1) is 0 Å². The van der Waals surface area contributed by atoms with Gasteiger partial charge in [-0.05, 0) is 54.3 Å². The molecule has 2 N–H and O–H groups in total. The van der Waals surface area contributed by atoms with Crippen molar-refractivity contribution in [3.8, 4) is 0 Å². The number of carbonyl (C=O) groups is 2. The summed E-state index contributed by atoms with van der Waals surface area (Å²) < 4.78 is 1.01. The Morgan fingerprint density at radius 2 is 1.59 bits per heavy atom. The van der Waals surface area contributed by atoms with Gasteiger partial charge in [-0.25, -0.2) is 0 Å². The number of hydrogen-bond acceptors (Lipinski definition) is 2. The van der Waals surface area contributed by atoms with Crippen LogP contribution in [-0.2, 0) is 29.1 Å². The number of carbonyl (C=O) groups excluding carboxylic acids is 2. The van der Waals surface area contributed by atoms with Gasteiger partial charge in [0.25, 0.3) is 0 Å². The maximum absolute atomic E-state index is 12.0. The molecule has 0 fully saturated rings. The summed E-state index contributed by atoms with van der Waals surface area (Å²) in [5.74, 6) is -0.315. The van der Waals surface area contributed by atoms with Crippen LogP contribution in [0.5, 0.6) is 0 Å². The van der Waals surface area contributed by atoms with E-state index in [1.54, 1.807) is 6.08 Å². The van der Waals surface area contributed by atoms with Gasteiger partial charge >= 0.3 is 0 Å². The van der Waals surface area contributed by atoms with Crippen LogP contribution in [0.15, 0.2) is 71.7 Å². The minimum Gasteiger partial charge on any atom is -0.348 e. The summed E-state index contributed by atoms with van der Waals surface area (Å²) in [7, 11) is 0. The highest BCUT2D eigenvalue weighted by atomic mass is 79.9. The molecule has 0 spiro atoms. The molecule has 2 aromatic rings. The van der Waals surface area contributed by atoms with E-state index in [0.29, 0.717) is 19.5 Å². The lowest BCUT2D eigenvalue weighted by molar-refractivity contribution is -0.117. The van der Waals surface area contributed by atoms with E-state index in [1.807, 2.05) is 49.4 Å². The van der Waals surface area contributed by atoms with E-state index in [1.165, 1.54) is 6.08 Å². The summed E-state index contributed by atoms with van der Waals surface area (Å²) in [6.07, 6.45) is 5.31. The molecule has 2 aromatic carbocycles. The second-order valence-electron chi connectivity index (χ2n) is 6.20. The summed E-state index contributed by atoms with van der Waals surface area (Å²) in [6, 6.07) is 14.0. The lowest BCUT2D eigenvalue weighted by atomic mass is 10.0. The largest absolute Gasteiger partial charge is 0.348 e. The predicted octanol–water partition coefficient (Wildman–Crippen LogP) is 3.97.